The Kier molecular flexibility index (Phi) is 6.54. The fourth-order valence-electron chi connectivity index (χ4n) is 3.75. The Morgan fingerprint density at radius 3 is 2.68 bits per heavy atom. The summed E-state index contributed by atoms with van der Waals surface area (Å²) in [6.07, 6.45) is 0.850. The molecular formula is C20H29ClN6O3Si. The van der Waals surface area contributed by atoms with Crippen LogP contribution in [-0.4, -0.2) is 68.4 Å². The Labute approximate surface area is 187 Å². The molecule has 1 aromatic carbocycles. The number of aromatic nitrogens is 4. The highest BCUT2D eigenvalue weighted by molar-refractivity contribution is 6.79. The summed E-state index contributed by atoms with van der Waals surface area (Å²) in [4.78, 5) is 27.7. The molecule has 0 saturated carbocycles. The van der Waals surface area contributed by atoms with Gasteiger partial charge in [-0.05, 0) is 45.6 Å². The molecule has 2 aromatic rings. The lowest BCUT2D eigenvalue weighted by molar-refractivity contribution is -0.149. The minimum atomic E-state index is -1.79. The number of benzene rings is 1. The Balaban J connectivity index is 1.78. The molecule has 1 aliphatic heterocycles. The Hall–Kier alpha value is -2.30. The van der Waals surface area contributed by atoms with Crippen molar-refractivity contribution in [2.75, 3.05) is 6.17 Å². The van der Waals surface area contributed by atoms with E-state index in [1.165, 1.54) is 11.0 Å². The van der Waals surface area contributed by atoms with Gasteiger partial charge in [0, 0.05) is 17.7 Å². The third-order valence-electron chi connectivity index (χ3n) is 5.45. The Bertz CT molecular complexity index is 960. The molecule has 3 rings (SSSR count). The summed E-state index contributed by atoms with van der Waals surface area (Å²) < 4.78 is 1.50. The molecule has 9 nitrogen and oxygen atoms in total. The molecule has 2 atom stereocenters. The van der Waals surface area contributed by atoms with Crippen molar-refractivity contribution in [1.82, 2.24) is 30.4 Å². The average molecular weight is 465 g/mol. The van der Waals surface area contributed by atoms with E-state index in [1.54, 1.807) is 23.1 Å². The number of nitrogens with one attached hydrogen (secondary N) is 1. The highest BCUT2D eigenvalue weighted by Crippen LogP contribution is 2.30. The number of halogens is 1. The summed E-state index contributed by atoms with van der Waals surface area (Å²) >= 11 is 6.15. The molecule has 0 radical (unpaired) electrons. The van der Waals surface area contributed by atoms with Crippen molar-refractivity contribution < 1.29 is 14.7 Å². The summed E-state index contributed by atoms with van der Waals surface area (Å²) in [6.45, 7) is 9.93. The van der Waals surface area contributed by atoms with E-state index < -0.39 is 25.6 Å². The normalized spacial score (nSPS) is 19.3. The first kappa shape index (κ1) is 23.4. The maximum absolute atomic E-state index is 13.1. The second-order valence-corrected chi connectivity index (χ2v) is 15.4. The largest absolute Gasteiger partial charge is 0.383 e. The lowest BCUT2D eigenvalue weighted by Gasteiger charge is -2.32. The molecule has 1 fully saturated rings. The smallest absolute Gasteiger partial charge is 0.252 e. The van der Waals surface area contributed by atoms with Gasteiger partial charge in [0.05, 0.1) is 13.8 Å². The van der Waals surface area contributed by atoms with E-state index in [4.69, 9.17) is 11.6 Å². The van der Waals surface area contributed by atoms with Crippen molar-refractivity contribution in [3.8, 4) is 5.69 Å². The third kappa shape index (κ3) is 5.31. The molecule has 1 aliphatic rings. The maximum Gasteiger partial charge on any atom is 0.252 e. The summed E-state index contributed by atoms with van der Waals surface area (Å²) in [5.74, 6) is -0.627. The van der Waals surface area contributed by atoms with Crippen molar-refractivity contribution in [2.24, 2.45) is 5.41 Å². The van der Waals surface area contributed by atoms with Gasteiger partial charge >= 0.3 is 0 Å². The maximum atomic E-state index is 13.1. The van der Waals surface area contributed by atoms with Crippen molar-refractivity contribution in [1.29, 1.82) is 0 Å². The fourth-order valence-corrected chi connectivity index (χ4v) is 6.83. The zero-order valence-corrected chi connectivity index (χ0v) is 20.2. The lowest BCUT2D eigenvalue weighted by Crippen LogP contribution is -2.52. The van der Waals surface area contributed by atoms with E-state index in [9.17, 15) is 14.7 Å². The second-order valence-electron chi connectivity index (χ2n) is 9.86. The highest BCUT2D eigenvalue weighted by Gasteiger charge is 2.47. The molecule has 1 saturated heterocycles. The summed E-state index contributed by atoms with van der Waals surface area (Å²) in [5, 5.41) is 25.2. The molecule has 0 bridgehead atoms. The molecule has 168 valence electrons. The van der Waals surface area contributed by atoms with E-state index in [-0.39, 0.29) is 18.4 Å². The van der Waals surface area contributed by atoms with Gasteiger partial charge < -0.3 is 15.3 Å². The van der Waals surface area contributed by atoms with Crippen LogP contribution in [0.4, 0.5) is 0 Å². The topological polar surface area (TPSA) is 113 Å². The van der Waals surface area contributed by atoms with Crippen molar-refractivity contribution in [3.05, 3.63) is 35.1 Å². The number of amides is 2. The number of rotatable bonds is 5. The summed E-state index contributed by atoms with van der Waals surface area (Å²) in [5.41, 5.74) is 0.843. The number of hydrogen-bond acceptors (Lipinski definition) is 6. The summed E-state index contributed by atoms with van der Waals surface area (Å²) in [7, 11) is -1.79. The quantitative estimate of drug-likeness (QED) is 0.652. The van der Waals surface area contributed by atoms with Crippen LogP contribution >= 0.6 is 11.6 Å². The lowest BCUT2D eigenvalue weighted by atomic mass is 9.88. The van der Waals surface area contributed by atoms with Crippen LogP contribution < -0.4 is 5.32 Å². The molecular weight excluding hydrogens is 436 g/mol. The van der Waals surface area contributed by atoms with Crippen LogP contribution in [0.25, 0.3) is 5.69 Å². The van der Waals surface area contributed by atoms with Gasteiger partial charge in [0.15, 0.2) is 0 Å². The molecule has 1 aromatic heterocycles. The van der Waals surface area contributed by atoms with E-state index in [0.717, 1.165) is 5.56 Å². The number of carbonyl (C=O) groups excluding carboxylic acids is 2. The van der Waals surface area contributed by atoms with Crippen molar-refractivity contribution in [3.63, 3.8) is 0 Å². The van der Waals surface area contributed by atoms with Crippen LogP contribution in [0.2, 0.25) is 24.2 Å². The number of carbonyl (C=O) groups is 2. The zero-order chi connectivity index (χ0) is 23.0. The van der Waals surface area contributed by atoms with Crippen LogP contribution in [0.1, 0.15) is 26.3 Å². The summed E-state index contributed by atoms with van der Waals surface area (Å²) in [6, 6.07) is 5.31. The first-order valence-electron chi connectivity index (χ1n) is 10.2. The fraction of sp³-hybridized carbons (Fsp3) is 0.550. The predicted octanol–water partition coefficient (Wildman–Crippen LogP) is 1.80. The van der Waals surface area contributed by atoms with E-state index >= 15 is 0 Å². The van der Waals surface area contributed by atoms with Gasteiger partial charge in [-0.25, -0.2) is 4.68 Å². The third-order valence-corrected chi connectivity index (χ3v) is 8.37. The van der Waals surface area contributed by atoms with Crippen LogP contribution in [-0.2, 0) is 16.1 Å². The minimum absolute atomic E-state index is 0.205. The zero-order valence-electron chi connectivity index (χ0n) is 18.5. The number of tetrazole rings is 1. The van der Waals surface area contributed by atoms with Gasteiger partial charge in [0.25, 0.3) is 5.91 Å². The van der Waals surface area contributed by atoms with Crippen LogP contribution in [0.3, 0.4) is 0 Å². The van der Waals surface area contributed by atoms with E-state index in [0.29, 0.717) is 22.9 Å². The Morgan fingerprint density at radius 1 is 1.35 bits per heavy atom. The number of aliphatic hydroxyl groups excluding tert-OH is 1. The number of aliphatic hydroxyl groups is 1. The van der Waals surface area contributed by atoms with Gasteiger partial charge in [0.1, 0.15) is 18.5 Å². The highest BCUT2D eigenvalue weighted by atomic mass is 35.5. The van der Waals surface area contributed by atoms with Gasteiger partial charge in [0.2, 0.25) is 5.91 Å². The van der Waals surface area contributed by atoms with Crippen LogP contribution in [0.15, 0.2) is 24.5 Å². The van der Waals surface area contributed by atoms with E-state index in [2.05, 4.69) is 33.9 Å². The second kappa shape index (κ2) is 8.68. The molecule has 0 spiro atoms. The van der Waals surface area contributed by atoms with Crippen LogP contribution in [0.5, 0.6) is 0 Å². The average Bonchev–Trinajstić information content (AvgIpc) is 3.31. The SMILES string of the molecule is CC(C)(C)[C@@H](O)C(=O)N1C[Si](C)(C)C[C@H]1C(=O)NCc1cc(Cl)ccc1-n1cnnn1. The molecule has 0 aliphatic carbocycles. The Morgan fingerprint density at radius 2 is 2.06 bits per heavy atom. The van der Waals surface area contributed by atoms with Gasteiger partial charge in [-0.15, -0.1) is 5.10 Å². The van der Waals surface area contributed by atoms with Crippen LogP contribution in [0, 0.1) is 5.41 Å². The standard InChI is InChI=1S/C20H29ClN6O3Si/c1-20(2,3)17(28)19(30)26-12-31(4,5)10-16(26)18(29)22-9-13-8-14(21)6-7-15(13)27-11-23-24-25-27/h6-8,11,16-17,28H,9-10,12H2,1-5H3,(H,22,29)/t16-,17-/m0/s1. The predicted molar refractivity (Wildman–Crippen MR) is 119 cm³/mol. The van der Waals surface area contributed by atoms with E-state index in [1.807, 2.05) is 20.8 Å². The molecule has 11 heteroatoms. The first-order chi connectivity index (χ1) is 14.4. The van der Waals surface area contributed by atoms with Crippen molar-refractivity contribution >= 4 is 31.5 Å². The molecule has 2 heterocycles. The molecule has 2 N–H and O–H groups in total. The van der Waals surface area contributed by atoms with Gasteiger partial charge in [-0.2, -0.15) is 0 Å². The molecule has 2 amide bonds. The van der Waals surface area contributed by atoms with Gasteiger partial charge in [-0.3, -0.25) is 9.59 Å². The monoisotopic (exact) mass is 464 g/mol. The van der Waals surface area contributed by atoms with Crippen molar-refractivity contribution in [2.45, 2.75) is 58.6 Å². The molecule has 0 unspecified atom stereocenters. The first-order valence-corrected chi connectivity index (χ1v) is 14.0. The van der Waals surface area contributed by atoms with Gasteiger partial charge in [-0.1, -0.05) is 45.5 Å². The minimum Gasteiger partial charge on any atom is -0.383 e. The number of nitrogens with zero attached hydrogens (tertiary/aromatic N) is 5. The number of hydrogen-bond donors (Lipinski definition) is 2. The molecule has 31 heavy (non-hydrogen) atoms.